The summed E-state index contributed by atoms with van der Waals surface area (Å²) in [6, 6.07) is 10.4. The number of nitrogens with one attached hydrogen (secondary N) is 1. The summed E-state index contributed by atoms with van der Waals surface area (Å²) in [5.74, 6) is -0.161. The molecule has 3 nitrogen and oxygen atoms in total. The molecule has 1 rings (SSSR count). The van der Waals surface area contributed by atoms with Crippen molar-refractivity contribution in [2.75, 3.05) is 13.2 Å². The van der Waals surface area contributed by atoms with Crippen molar-refractivity contribution in [1.29, 1.82) is 0 Å². The summed E-state index contributed by atoms with van der Waals surface area (Å²) in [6.45, 7) is 7.14. The van der Waals surface area contributed by atoms with Gasteiger partial charge in [0.25, 0.3) is 0 Å². The Morgan fingerprint density at radius 2 is 1.95 bits per heavy atom. The van der Waals surface area contributed by atoms with Crippen molar-refractivity contribution in [3.8, 4) is 0 Å². The van der Waals surface area contributed by atoms with Crippen molar-refractivity contribution in [3.63, 3.8) is 0 Å². The standard InChI is InChI=1S/C17H27NO2/c1-4-5-13-20-16(19)14-18-17(2,3)12-11-15-9-7-6-8-10-15/h6-10,18H,4-5,11-14H2,1-3H3. The van der Waals surface area contributed by atoms with Crippen LogP contribution in [0.2, 0.25) is 0 Å². The van der Waals surface area contributed by atoms with E-state index in [4.69, 9.17) is 4.74 Å². The molecule has 0 atom stereocenters. The molecule has 0 fully saturated rings. The number of aryl methyl sites for hydroxylation is 1. The molecular weight excluding hydrogens is 250 g/mol. The van der Waals surface area contributed by atoms with E-state index in [1.165, 1.54) is 5.56 Å². The van der Waals surface area contributed by atoms with Gasteiger partial charge >= 0.3 is 5.97 Å². The SMILES string of the molecule is CCCCOC(=O)CNC(C)(C)CCc1ccccc1. The van der Waals surface area contributed by atoms with Crippen LogP contribution in [-0.4, -0.2) is 24.7 Å². The van der Waals surface area contributed by atoms with E-state index in [-0.39, 0.29) is 18.1 Å². The zero-order valence-corrected chi connectivity index (χ0v) is 12.9. The normalized spacial score (nSPS) is 11.3. The lowest BCUT2D eigenvalue weighted by molar-refractivity contribution is -0.143. The second-order valence-corrected chi connectivity index (χ2v) is 5.80. The Morgan fingerprint density at radius 3 is 2.60 bits per heavy atom. The maximum absolute atomic E-state index is 11.6. The predicted octanol–water partition coefficient (Wildman–Crippen LogP) is 3.33. The molecular formula is C17H27NO2. The molecule has 0 aliphatic heterocycles. The van der Waals surface area contributed by atoms with E-state index in [0.717, 1.165) is 25.7 Å². The number of hydrogen-bond donors (Lipinski definition) is 1. The smallest absolute Gasteiger partial charge is 0.319 e. The van der Waals surface area contributed by atoms with Crippen LogP contribution in [0.15, 0.2) is 30.3 Å². The maximum atomic E-state index is 11.6. The molecule has 1 N–H and O–H groups in total. The zero-order valence-electron chi connectivity index (χ0n) is 12.9. The van der Waals surface area contributed by atoms with Crippen molar-refractivity contribution in [3.05, 3.63) is 35.9 Å². The number of hydrogen-bond acceptors (Lipinski definition) is 3. The van der Waals surface area contributed by atoms with Gasteiger partial charge in [0.15, 0.2) is 0 Å². The van der Waals surface area contributed by atoms with E-state index in [9.17, 15) is 4.79 Å². The van der Waals surface area contributed by atoms with E-state index >= 15 is 0 Å². The van der Waals surface area contributed by atoms with Crippen LogP contribution >= 0.6 is 0 Å². The molecule has 0 spiro atoms. The quantitative estimate of drug-likeness (QED) is 0.556. The molecule has 0 aromatic heterocycles. The van der Waals surface area contributed by atoms with Gasteiger partial charge in [0.05, 0.1) is 13.2 Å². The van der Waals surface area contributed by atoms with Gasteiger partial charge in [-0.15, -0.1) is 0 Å². The Bertz CT molecular complexity index is 387. The summed E-state index contributed by atoms with van der Waals surface area (Å²) in [7, 11) is 0. The van der Waals surface area contributed by atoms with Crippen LogP contribution < -0.4 is 5.32 Å². The van der Waals surface area contributed by atoms with E-state index in [2.05, 4.69) is 50.4 Å². The van der Waals surface area contributed by atoms with E-state index in [1.807, 2.05) is 6.07 Å². The highest BCUT2D eigenvalue weighted by Gasteiger charge is 2.18. The third-order valence-corrected chi connectivity index (χ3v) is 3.35. The highest BCUT2D eigenvalue weighted by molar-refractivity contribution is 5.71. The molecule has 112 valence electrons. The lowest BCUT2D eigenvalue weighted by Crippen LogP contribution is -2.43. The maximum Gasteiger partial charge on any atom is 0.319 e. The predicted molar refractivity (Wildman–Crippen MR) is 82.7 cm³/mol. The fraction of sp³-hybridized carbons (Fsp3) is 0.588. The van der Waals surface area contributed by atoms with E-state index in [0.29, 0.717) is 6.61 Å². The molecule has 0 amide bonds. The first-order valence-corrected chi connectivity index (χ1v) is 7.48. The van der Waals surface area contributed by atoms with Gasteiger partial charge in [-0.1, -0.05) is 43.7 Å². The Morgan fingerprint density at radius 1 is 1.25 bits per heavy atom. The number of unbranched alkanes of at least 4 members (excludes halogenated alkanes) is 1. The van der Waals surface area contributed by atoms with Crippen LogP contribution in [0.3, 0.4) is 0 Å². The van der Waals surface area contributed by atoms with Crippen LogP contribution in [-0.2, 0) is 16.0 Å². The lowest BCUT2D eigenvalue weighted by atomic mass is 9.95. The van der Waals surface area contributed by atoms with Crippen molar-refractivity contribution in [2.45, 2.75) is 52.0 Å². The molecule has 0 radical (unpaired) electrons. The third kappa shape index (κ3) is 7.29. The van der Waals surface area contributed by atoms with Crippen LogP contribution in [0.25, 0.3) is 0 Å². The minimum absolute atomic E-state index is 0.0698. The monoisotopic (exact) mass is 277 g/mol. The molecule has 1 aromatic carbocycles. The summed E-state index contributed by atoms with van der Waals surface area (Å²) in [6.07, 6.45) is 3.97. The fourth-order valence-electron chi connectivity index (χ4n) is 1.88. The first kappa shape index (κ1) is 16.7. The lowest BCUT2D eigenvalue weighted by Gasteiger charge is -2.26. The van der Waals surface area contributed by atoms with Gasteiger partial charge in [0, 0.05) is 5.54 Å². The molecule has 0 aliphatic rings. The number of rotatable bonds is 9. The first-order chi connectivity index (χ1) is 9.53. The number of benzene rings is 1. The highest BCUT2D eigenvalue weighted by Crippen LogP contribution is 2.13. The summed E-state index contributed by atoms with van der Waals surface area (Å²) in [4.78, 5) is 11.6. The van der Waals surface area contributed by atoms with Crippen LogP contribution in [0.5, 0.6) is 0 Å². The first-order valence-electron chi connectivity index (χ1n) is 7.48. The van der Waals surface area contributed by atoms with Crippen molar-refractivity contribution in [2.24, 2.45) is 0 Å². The molecule has 0 heterocycles. The fourth-order valence-corrected chi connectivity index (χ4v) is 1.88. The Hall–Kier alpha value is -1.35. The van der Waals surface area contributed by atoms with Crippen molar-refractivity contribution in [1.82, 2.24) is 5.32 Å². The van der Waals surface area contributed by atoms with Gasteiger partial charge in [0.2, 0.25) is 0 Å². The molecule has 0 bridgehead atoms. The zero-order chi connectivity index (χ0) is 14.8. The summed E-state index contributed by atoms with van der Waals surface area (Å²) < 4.78 is 5.14. The largest absolute Gasteiger partial charge is 0.465 e. The molecule has 0 unspecified atom stereocenters. The van der Waals surface area contributed by atoms with Crippen LogP contribution in [0, 0.1) is 0 Å². The van der Waals surface area contributed by atoms with Crippen LogP contribution in [0.1, 0.15) is 45.6 Å². The van der Waals surface area contributed by atoms with E-state index < -0.39 is 0 Å². The summed E-state index contributed by atoms with van der Waals surface area (Å²) in [5, 5.41) is 3.28. The molecule has 20 heavy (non-hydrogen) atoms. The topological polar surface area (TPSA) is 38.3 Å². The van der Waals surface area contributed by atoms with Crippen molar-refractivity contribution < 1.29 is 9.53 Å². The average Bonchev–Trinajstić information content (AvgIpc) is 2.45. The molecule has 0 aliphatic carbocycles. The van der Waals surface area contributed by atoms with Gasteiger partial charge in [-0.05, 0) is 38.7 Å². The third-order valence-electron chi connectivity index (χ3n) is 3.35. The number of carbonyl (C=O) groups is 1. The van der Waals surface area contributed by atoms with Crippen molar-refractivity contribution >= 4 is 5.97 Å². The molecule has 1 aromatic rings. The Kier molecular flexibility index (Phi) is 7.31. The summed E-state index contributed by atoms with van der Waals surface area (Å²) >= 11 is 0. The Balaban J connectivity index is 2.25. The number of ether oxygens (including phenoxy) is 1. The molecule has 0 saturated heterocycles. The highest BCUT2D eigenvalue weighted by atomic mass is 16.5. The summed E-state index contributed by atoms with van der Waals surface area (Å²) in [5.41, 5.74) is 1.26. The average molecular weight is 277 g/mol. The van der Waals surface area contributed by atoms with Gasteiger partial charge in [-0.3, -0.25) is 4.79 Å². The number of carbonyl (C=O) groups excluding carboxylic acids is 1. The van der Waals surface area contributed by atoms with E-state index in [1.54, 1.807) is 0 Å². The number of esters is 1. The molecule has 3 heteroatoms. The second-order valence-electron chi connectivity index (χ2n) is 5.80. The molecule has 0 saturated carbocycles. The minimum atomic E-state index is -0.161. The van der Waals surface area contributed by atoms with Gasteiger partial charge < -0.3 is 10.1 Å². The second kappa shape index (κ2) is 8.75. The Labute approximate surface area is 122 Å². The van der Waals surface area contributed by atoms with Gasteiger partial charge in [-0.2, -0.15) is 0 Å². The van der Waals surface area contributed by atoms with Gasteiger partial charge in [-0.25, -0.2) is 0 Å². The minimum Gasteiger partial charge on any atom is -0.465 e. The van der Waals surface area contributed by atoms with Crippen LogP contribution in [0.4, 0.5) is 0 Å². The van der Waals surface area contributed by atoms with Gasteiger partial charge in [0.1, 0.15) is 0 Å².